The fourth-order valence-corrected chi connectivity index (χ4v) is 1.73. The number of anilines is 2. The zero-order chi connectivity index (χ0) is 12.3. The molecule has 0 atom stereocenters. The maximum absolute atomic E-state index is 11.8. The SMILES string of the molecule is Nc1ccc(NC(=O)c2cnccn2)c(Br)c1. The molecule has 1 aromatic carbocycles. The maximum atomic E-state index is 11.8. The van der Waals surface area contributed by atoms with E-state index in [4.69, 9.17) is 5.73 Å². The van der Waals surface area contributed by atoms with E-state index in [1.165, 1.54) is 18.6 Å². The Kier molecular flexibility index (Phi) is 3.34. The van der Waals surface area contributed by atoms with Crippen LogP contribution in [0.4, 0.5) is 11.4 Å². The number of halogens is 1. The van der Waals surface area contributed by atoms with E-state index in [2.05, 4.69) is 31.2 Å². The Bertz CT molecular complexity index is 544. The van der Waals surface area contributed by atoms with Crippen molar-refractivity contribution in [2.45, 2.75) is 0 Å². The number of nitrogens with two attached hydrogens (primary N) is 1. The summed E-state index contributed by atoms with van der Waals surface area (Å²) in [6.07, 6.45) is 4.38. The quantitative estimate of drug-likeness (QED) is 0.831. The summed E-state index contributed by atoms with van der Waals surface area (Å²) in [5.74, 6) is -0.316. The van der Waals surface area contributed by atoms with E-state index in [0.29, 0.717) is 11.4 Å². The van der Waals surface area contributed by atoms with Crippen molar-refractivity contribution in [1.82, 2.24) is 9.97 Å². The molecule has 1 aromatic heterocycles. The first-order valence-corrected chi connectivity index (χ1v) is 5.58. The Morgan fingerprint density at radius 3 is 2.82 bits per heavy atom. The summed E-state index contributed by atoms with van der Waals surface area (Å²) in [6.45, 7) is 0. The molecule has 0 spiro atoms. The van der Waals surface area contributed by atoms with E-state index < -0.39 is 0 Å². The minimum absolute atomic E-state index is 0.260. The lowest BCUT2D eigenvalue weighted by Gasteiger charge is -2.07. The van der Waals surface area contributed by atoms with E-state index in [9.17, 15) is 4.79 Å². The van der Waals surface area contributed by atoms with Crippen molar-refractivity contribution in [1.29, 1.82) is 0 Å². The Labute approximate surface area is 106 Å². The van der Waals surface area contributed by atoms with Crippen LogP contribution in [-0.4, -0.2) is 15.9 Å². The number of carbonyl (C=O) groups is 1. The molecule has 0 radical (unpaired) electrons. The molecule has 5 nitrogen and oxygen atoms in total. The predicted molar refractivity (Wildman–Crippen MR) is 68.5 cm³/mol. The second kappa shape index (κ2) is 4.92. The summed E-state index contributed by atoms with van der Waals surface area (Å²) >= 11 is 3.32. The second-order valence-electron chi connectivity index (χ2n) is 3.28. The van der Waals surface area contributed by atoms with Gasteiger partial charge in [0.25, 0.3) is 5.91 Å². The molecule has 0 aliphatic heterocycles. The second-order valence-corrected chi connectivity index (χ2v) is 4.14. The summed E-state index contributed by atoms with van der Waals surface area (Å²) < 4.78 is 0.717. The van der Waals surface area contributed by atoms with E-state index in [0.717, 1.165) is 4.47 Å². The van der Waals surface area contributed by atoms with Gasteiger partial charge in [0.05, 0.1) is 11.9 Å². The van der Waals surface area contributed by atoms with E-state index >= 15 is 0 Å². The molecule has 0 saturated heterocycles. The normalized spacial score (nSPS) is 9.94. The first-order valence-electron chi connectivity index (χ1n) is 4.79. The van der Waals surface area contributed by atoms with Crippen LogP contribution in [0.2, 0.25) is 0 Å². The predicted octanol–water partition coefficient (Wildman–Crippen LogP) is 2.07. The standard InChI is InChI=1S/C11H9BrN4O/c12-8-5-7(13)1-2-9(8)16-11(17)10-6-14-3-4-15-10/h1-6H,13H2,(H,16,17). The van der Waals surface area contributed by atoms with Gasteiger partial charge >= 0.3 is 0 Å². The van der Waals surface area contributed by atoms with Crippen LogP contribution in [0.15, 0.2) is 41.3 Å². The van der Waals surface area contributed by atoms with Crippen molar-refractivity contribution in [3.63, 3.8) is 0 Å². The molecule has 86 valence electrons. The van der Waals surface area contributed by atoms with Crippen LogP contribution in [0.3, 0.4) is 0 Å². The van der Waals surface area contributed by atoms with Crippen LogP contribution < -0.4 is 11.1 Å². The molecule has 0 fully saturated rings. The molecule has 0 aliphatic rings. The van der Waals surface area contributed by atoms with Gasteiger partial charge in [-0.25, -0.2) is 4.98 Å². The zero-order valence-corrected chi connectivity index (χ0v) is 10.3. The molecule has 3 N–H and O–H groups in total. The van der Waals surface area contributed by atoms with Crippen molar-refractivity contribution >= 4 is 33.2 Å². The number of amides is 1. The molecule has 6 heteroatoms. The fourth-order valence-electron chi connectivity index (χ4n) is 1.24. The van der Waals surface area contributed by atoms with Crippen molar-refractivity contribution in [3.05, 3.63) is 47.0 Å². The average Bonchev–Trinajstić information content (AvgIpc) is 2.34. The van der Waals surface area contributed by atoms with Gasteiger partial charge in [-0.3, -0.25) is 9.78 Å². The number of nitrogens with one attached hydrogen (secondary N) is 1. The Morgan fingerprint density at radius 1 is 1.35 bits per heavy atom. The third-order valence-electron chi connectivity index (χ3n) is 2.04. The number of carbonyl (C=O) groups excluding carboxylic acids is 1. The number of rotatable bonds is 2. The number of hydrogen-bond acceptors (Lipinski definition) is 4. The molecule has 0 saturated carbocycles. The molecule has 2 rings (SSSR count). The summed E-state index contributed by atoms with van der Waals surface area (Å²) in [6, 6.07) is 5.14. The third kappa shape index (κ3) is 2.79. The first kappa shape index (κ1) is 11.5. The van der Waals surface area contributed by atoms with Crippen molar-refractivity contribution in [2.75, 3.05) is 11.1 Å². The molecule has 1 amide bonds. The van der Waals surface area contributed by atoms with Gasteiger partial charge in [-0.05, 0) is 34.1 Å². The molecule has 0 unspecified atom stereocenters. The van der Waals surface area contributed by atoms with Gasteiger partial charge in [0.2, 0.25) is 0 Å². The minimum atomic E-state index is -0.316. The van der Waals surface area contributed by atoms with Gasteiger partial charge in [-0.2, -0.15) is 0 Å². The topological polar surface area (TPSA) is 80.9 Å². The zero-order valence-electron chi connectivity index (χ0n) is 8.72. The number of hydrogen-bond donors (Lipinski definition) is 2. The molecular formula is C11H9BrN4O. The lowest BCUT2D eigenvalue weighted by Crippen LogP contribution is -2.14. The molecular weight excluding hydrogens is 284 g/mol. The minimum Gasteiger partial charge on any atom is -0.399 e. The Hall–Kier alpha value is -1.95. The smallest absolute Gasteiger partial charge is 0.275 e. The fraction of sp³-hybridized carbons (Fsp3) is 0. The van der Waals surface area contributed by atoms with Gasteiger partial charge in [0, 0.05) is 22.6 Å². The van der Waals surface area contributed by atoms with Gasteiger partial charge in [-0.15, -0.1) is 0 Å². The summed E-state index contributed by atoms with van der Waals surface area (Å²) in [5.41, 5.74) is 7.12. The van der Waals surface area contributed by atoms with Crippen molar-refractivity contribution in [3.8, 4) is 0 Å². The van der Waals surface area contributed by atoms with Gasteiger partial charge in [0.15, 0.2) is 0 Å². The molecule has 17 heavy (non-hydrogen) atoms. The monoisotopic (exact) mass is 292 g/mol. The number of nitrogens with zero attached hydrogens (tertiary/aromatic N) is 2. The average molecular weight is 293 g/mol. The Morgan fingerprint density at radius 2 is 2.18 bits per heavy atom. The lowest BCUT2D eigenvalue weighted by molar-refractivity contribution is 0.102. The van der Waals surface area contributed by atoms with Crippen LogP contribution in [0.1, 0.15) is 10.5 Å². The number of benzene rings is 1. The van der Waals surface area contributed by atoms with Crippen LogP contribution in [0.5, 0.6) is 0 Å². The first-order chi connectivity index (χ1) is 8.16. The Balaban J connectivity index is 2.19. The summed E-state index contributed by atoms with van der Waals surface area (Å²) in [4.78, 5) is 19.5. The lowest BCUT2D eigenvalue weighted by atomic mass is 10.3. The molecule has 0 aliphatic carbocycles. The number of nitrogen functional groups attached to an aromatic ring is 1. The number of aromatic nitrogens is 2. The van der Waals surface area contributed by atoms with Crippen LogP contribution in [0.25, 0.3) is 0 Å². The van der Waals surface area contributed by atoms with E-state index in [1.54, 1.807) is 18.2 Å². The van der Waals surface area contributed by atoms with Gasteiger partial charge in [-0.1, -0.05) is 0 Å². The highest BCUT2D eigenvalue weighted by Gasteiger charge is 2.09. The summed E-state index contributed by atoms with van der Waals surface area (Å²) in [5, 5.41) is 2.71. The molecule has 0 bridgehead atoms. The van der Waals surface area contributed by atoms with Crippen LogP contribution in [-0.2, 0) is 0 Å². The highest BCUT2D eigenvalue weighted by atomic mass is 79.9. The maximum Gasteiger partial charge on any atom is 0.275 e. The van der Waals surface area contributed by atoms with E-state index in [-0.39, 0.29) is 11.6 Å². The van der Waals surface area contributed by atoms with Crippen LogP contribution in [0, 0.1) is 0 Å². The third-order valence-corrected chi connectivity index (χ3v) is 2.69. The molecule has 1 heterocycles. The van der Waals surface area contributed by atoms with Crippen molar-refractivity contribution < 1.29 is 4.79 Å². The van der Waals surface area contributed by atoms with Gasteiger partial charge < -0.3 is 11.1 Å². The highest BCUT2D eigenvalue weighted by molar-refractivity contribution is 9.10. The van der Waals surface area contributed by atoms with Crippen LogP contribution >= 0.6 is 15.9 Å². The van der Waals surface area contributed by atoms with Crippen molar-refractivity contribution in [2.24, 2.45) is 0 Å². The largest absolute Gasteiger partial charge is 0.399 e. The van der Waals surface area contributed by atoms with Gasteiger partial charge in [0.1, 0.15) is 5.69 Å². The molecule has 2 aromatic rings. The summed E-state index contributed by atoms with van der Waals surface area (Å²) in [7, 11) is 0. The van der Waals surface area contributed by atoms with E-state index in [1.807, 2.05) is 0 Å². The highest BCUT2D eigenvalue weighted by Crippen LogP contribution is 2.24.